The highest BCUT2D eigenvalue weighted by Crippen LogP contribution is 1.74. The molecule has 0 spiro atoms. The zero-order valence-electron chi connectivity index (χ0n) is 12.1. The number of quaternary nitrogens is 2. The van der Waals surface area contributed by atoms with E-state index in [1.807, 2.05) is 0 Å². The van der Waals surface area contributed by atoms with Gasteiger partial charge in [0.25, 0.3) is 0 Å². The maximum Gasteiger partial charge on any atom is 0.0675 e. The van der Waals surface area contributed by atoms with Crippen molar-refractivity contribution in [3.63, 3.8) is 0 Å². The van der Waals surface area contributed by atoms with Crippen LogP contribution in [0.2, 0.25) is 0 Å². The van der Waals surface area contributed by atoms with Crippen molar-refractivity contribution in [2.24, 2.45) is 0 Å². The highest BCUT2D eigenvalue weighted by atomic mass is 16.6. The second-order valence-electron chi connectivity index (χ2n) is 5.62. The molecule has 0 aliphatic carbocycles. The molecule has 0 aromatic heterocycles. The van der Waals surface area contributed by atoms with Gasteiger partial charge in [-0.15, -0.1) is 0 Å². The molecule has 16 heavy (non-hydrogen) atoms. The Morgan fingerprint density at radius 1 is 0.750 bits per heavy atom. The van der Waals surface area contributed by atoms with Crippen LogP contribution in [0, 0.1) is 0 Å². The molecule has 0 heterocycles. The zero-order valence-corrected chi connectivity index (χ0v) is 12.1. The van der Waals surface area contributed by atoms with Gasteiger partial charge in [-0.1, -0.05) is 0 Å². The monoisotopic (exact) mass is 240 g/mol. The van der Waals surface area contributed by atoms with E-state index in [9.17, 15) is 0 Å². The predicted molar refractivity (Wildman–Crippen MR) is 61.5 cm³/mol. The lowest BCUT2D eigenvalue weighted by atomic mass is 10.8. The van der Waals surface area contributed by atoms with Gasteiger partial charge in [-0.3, -0.25) is 0 Å². The van der Waals surface area contributed by atoms with Gasteiger partial charge in [0.2, 0.25) is 0 Å². The van der Waals surface area contributed by atoms with E-state index in [1.54, 1.807) is 0 Å². The van der Waals surface area contributed by atoms with Crippen LogP contribution in [0.15, 0.2) is 0 Å². The third-order valence-electron chi connectivity index (χ3n) is 0. The van der Waals surface area contributed by atoms with Crippen LogP contribution in [0.4, 0.5) is 4.79 Å². The first kappa shape index (κ1) is 24.4. The summed E-state index contributed by atoms with van der Waals surface area (Å²) in [5.41, 5.74) is 0. The molecular formula is C10H28N2O4. The fraction of sp³-hybridized carbons (Fsp3) is 0.900. The van der Waals surface area contributed by atoms with Crippen LogP contribution in [-0.4, -0.2) is 83.7 Å². The van der Waals surface area contributed by atoms with Gasteiger partial charge in [0.1, 0.15) is 0 Å². The van der Waals surface area contributed by atoms with Gasteiger partial charge < -0.3 is 29.1 Å². The number of carboxylic acid groups (broad SMARTS) is 2. The molecule has 0 aromatic rings. The quantitative estimate of drug-likeness (QED) is 0.487. The van der Waals surface area contributed by atoms with E-state index < -0.39 is 6.16 Å². The third-order valence-corrected chi connectivity index (χ3v) is 0. The molecule has 6 heteroatoms. The number of aliphatic hydroxyl groups is 1. The Hall–Kier alpha value is -0.850. The second kappa shape index (κ2) is 12.2. The standard InChI is InChI=1S/2C4H12N.CH2O3.CH4O/c2*1-5(2,3)4;2-1(3)4;1-2/h2*1-4H3;(H2,2,3,4);2H,1H3/q2*+1;;/p-2. The molecule has 0 saturated carbocycles. The third kappa shape index (κ3) is 2690. The van der Waals surface area contributed by atoms with E-state index in [4.69, 9.17) is 20.1 Å². The second-order valence-corrected chi connectivity index (χ2v) is 5.62. The topological polar surface area (TPSA) is 83.4 Å². The van der Waals surface area contributed by atoms with E-state index in [0.29, 0.717) is 0 Å². The van der Waals surface area contributed by atoms with Crippen molar-refractivity contribution in [3.05, 3.63) is 0 Å². The molecule has 0 aliphatic rings. The first-order valence-electron chi connectivity index (χ1n) is 4.64. The Balaban J connectivity index is -0.0000000629. The molecule has 102 valence electrons. The highest BCUT2D eigenvalue weighted by Gasteiger charge is 1.88. The van der Waals surface area contributed by atoms with Crippen molar-refractivity contribution in [1.29, 1.82) is 0 Å². The fourth-order valence-corrected chi connectivity index (χ4v) is 0. The van der Waals surface area contributed by atoms with Gasteiger partial charge in [-0.25, -0.2) is 0 Å². The summed E-state index contributed by atoms with van der Waals surface area (Å²) < 4.78 is 2.00. The number of nitrogens with zero attached hydrogens (tertiary/aromatic N) is 2. The van der Waals surface area contributed by atoms with E-state index in [-0.39, 0.29) is 0 Å². The summed E-state index contributed by atoms with van der Waals surface area (Å²) >= 11 is 0. The molecule has 0 radical (unpaired) electrons. The van der Waals surface area contributed by atoms with Crippen LogP contribution in [0.3, 0.4) is 0 Å². The number of aliphatic hydroxyl groups excluding tert-OH is 1. The molecule has 0 saturated heterocycles. The van der Waals surface area contributed by atoms with Crippen LogP contribution in [0.1, 0.15) is 0 Å². The highest BCUT2D eigenvalue weighted by molar-refractivity contribution is 5.47. The number of carbonyl (C=O) groups is 1. The fourth-order valence-electron chi connectivity index (χ4n) is 0. The van der Waals surface area contributed by atoms with E-state index in [1.165, 1.54) is 0 Å². The zero-order chi connectivity index (χ0) is 14.6. The minimum absolute atomic E-state index is 1.00. The Kier molecular flexibility index (Phi) is 18.6. The lowest BCUT2D eigenvalue weighted by molar-refractivity contribution is -0.849. The molecule has 0 fully saturated rings. The summed E-state index contributed by atoms with van der Waals surface area (Å²) in [6.45, 7) is 0. The van der Waals surface area contributed by atoms with Gasteiger partial charge in [0.15, 0.2) is 0 Å². The normalized spacial score (nSPS) is 9.38. The molecule has 1 N–H and O–H groups in total. The molecule has 0 amide bonds. The molecule has 0 unspecified atom stereocenters. The maximum absolute atomic E-state index is 8.33. The van der Waals surface area contributed by atoms with Crippen LogP contribution in [0.5, 0.6) is 0 Å². The Bertz CT molecular complexity index is 120. The van der Waals surface area contributed by atoms with Gasteiger partial charge in [-0.2, -0.15) is 0 Å². The lowest BCUT2D eigenvalue weighted by Gasteiger charge is -2.14. The Morgan fingerprint density at radius 2 is 0.750 bits per heavy atom. The average Bonchev–Trinajstić information content (AvgIpc) is 1.80. The van der Waals surface area contributed by atoms with E-state index in [2.05, 4.69) is 56.4 Å². The smallest absolute Gasteiger partial charge is 0.0675 e. The lowest BCUT2D eigenvalue weighted by Crippen LogP contribution is -2.37. The van der Waals surface area contributed by atoms with Gasteiger partial charge in [-0.05, 0) is 6.16 Å². The van der Waals surface area contributed by atoms with E-state index in [0.717, 1.165) is 16.1 Å². The molecular weight excluding hydrogens is 212 g/mol. The van der Waals surface area contributed by atoms with Gasteiger partial charge >= 0.3 is 0 Å². The van der Waals surface area contributed by atoms with Crippen molar-refractivity contribution in [3.8, 4) is 0 Å². The van der Waals surface area contributed by atoms with Crippen molar-refractivity contribution in [1.82, 2.24) is 0 Å². The number of hydrogen-bond acceptors (Lipinski definition) is 4. The SMILES string of the molecule is CO.C[N+](C)(C)C.C[N+](C)(C)C.O=C([O-])[O-]. The molecule has 0 atom stereocenters. The van der Waals surface area contributed by atoms with Crippen molar-refractivity contribution >= 4 is 6.16 Å². The Labute approximate surface area is 99.5 Å². The number of rotatable bonds is 0. The van der Waals surface area contributed by atoms with Gasteiger partial charge in [0, 0.05) is 7.11 Å². The molecule has 0 rings (SSSR count). The first-order chi connectivity index (χ1) is 6.73. The molecule has 0 bridgehead atoms. The van der Waals surface area contributed by atoms with Crippen LogP contribution in [-0.2, 0) is 0 Å². The number of carbonyl (C=O) groups excluding carboxylic acids is 1. The first-order valence-corrected chi connectivity index (χ1v) is 4.64. The largest absolute Gasteiger partial charge is 0.652 e. The summed E-state index contributed by atoms with van der Waals surface area (Å²) in [5, 5.41) is 23.7. The molecule has 0 aliphatic heterocycles. The summed E-state index contributed by atoms with van der Waals surface area (Å²) in [7, 11) is 18.0. The average molecular weight is 240 g/mol. The van der Waals surface area contributed by atoms with Gasteiger partial charge in [0.05, 0.1) is 56.4 Å². The van der Waals surface area contributed by atoms with Crippen LogP contribution in [0.25, 0.3) is 0 Å². The molecule has 0 aromatic carbocycles. The van der Waals surface area contributed by atoms with Crippen LogP contribution < -0.4 is 10.2 Å². The maximum atomic E-state index is 8.33. The molecule has 6 nitrogen and oxygen atoms in total. The predicted octanol–water partition coefficient (Wildman–Crippen LogP) is -2.19. The summed E-state index contributed by atoms with van der Waals surface area (Å²) in [4.78, 5) is 8.33. The number of hydrogen-bond donors (Lipinski definition) is 1. The van der Waals surface area contributed by atoms with Crippen molar-refractivity contribution in [2.75, 3.05) is 63.5 Å². The Morgan fingerprint density at radius 3 is 0.750 bits per heavy atom. The van der Waals surface area contributed by atoms with Crippen molar-refractivity contribution in [2.45, 2.75) is 0 Å². The minimum Gasteiger partial charge on any atom is -0.652 e. The summed E-state index contributed by atoms with van der Waals surface area (Å²) in [5.74, 6) is 0. The van der Waals surface area contributed by atoms with Crippen molar-refractivity contribution < 1.29 is 29.1 Å². The van der Waals surface area contributed by atoms with E-state index >= 15 is 0 Å². The van der Waals surface area contributed by atoms with Crippen LogP contribution >= 0.6 is 0 Å². The summed E-state index contributed by atoms with van der Waals surface area (Å²) in [6, 6.07) is 0. The summed E-state index contributed by atoms with van der Waals surface area (Å²) in [6.07, 6.45) is -2.33. The minimum atomic E-state index is -2.33.